The van der Waals surface area contributed by atoms with Crippen molar-refractivity contribution in [3.63, 3.8) is 0 Å². The molecule has 4 heteroatoms. The smallest absolute Gasteiger partial charge is 0.164 e. The summed E-state index contributed by atoms with van der Waals surface area (Å²) in [4.78, 5) is 14.8. The summed E-state index contributed by atoms with van der Waals surface area (Å²) in [5.41, 5.74) is 5.20. The highest BCUT2D eigenvalue weighted by molar-refractivity contribution is 6.10. The van der Waals surface area contributed by atoms with Crippen molar-refractivity contribution in [3.8, 4) is 73.2 Å². The van der Waals surface area contributed by atoms with Gasteiger partial charge in [0, 0.05) is 33.2 Å². The van der Waals surface area contributed by atoms with Gasteiger partial charge in [-0.15, -0.1) is 0 Å². The van der Waals surface area contributed by atoms with Gasteiger partial charge in [-0.05, 0) is 69.7 Å². The summed E-state index contributed by atoms with van der Waals surface area (Å²) < 4.78 is 107. The third kappa shape index (κ3) is 6.16. The van der Waals surface area contributed by atoms with Crippen LogP contribution in [0.5, 0.6) is 0 Å². The van der Waals surface area contributed by atoms with E-state index in [2.05, 4.69) is 12.1 Å². The van der Waals surface area contributed by atoms with Crippen LogP contribution < -0.4 is 0 Å². The van der Waals surface area contributed by atoms with Crippen LogP contribution >= 0.6 is 0 Å². The number of fused-ring (bicyclic) bond motifs is 3. The molecular formula is C51H34N4. The van der Waals surface area contributed by atoms with Crippen LogP contribution in [0.2, 0.25) is 0 Å². The summed E-state index contributed by atoms with van der Waals surface area (Å²) in [5, 5.41) is -0.395. The summed E-state index contributed by atoms with van der Waals surface area (Å²) >= 11 is 0. The van der Waals surface area contributed by atoms with Gasteiger partial charge in [-0.2, -0.15) is 0 Å². The summed E-state index contributed by atoms with van der Waals surface area (Å²) in [5.74, 6) is 1.40. The van der Waals surface area contributed by atoms with Gasteiger partial charge in [0.2, 0.25) is 0 Å². The Morgan fingerprint density at radius 2 is 0.818 bits per heavy atom. The van der Waals surface area contributed by atoms with Crippen LogP contribution in [0.25, 0.3) is 95.0 Å². The second-order valence-corrected chi connectivity index (χ2v) is 12.8. The van der Waals surface area contributed by atoms with Crippen molar-refractivity contribution < 1.29 is 16.4 Å². The summed E-state index contributed by atoms with van der Waals surface area (Å²) in [6.07, 6.45) is 0. The van der Waals surface area contributed by atoms with Crippen LogP contribution in [0.3, 0.4) is 0 Å². The molecule has 8 aromatic carbocycles. The van der Waals surface area contributed by atoms with Crippen molar-refractivity contribution in [2.45, 2.75) is 0 Å². The molecule has 0 amide bonds. The van der Waals surface area contributed by atoms with Gasteiger partial charge in [-0.1, -0.05) is 170 Å². The van der Waals surface area contributed by atoms with Gasteiger partial charge >= 0.3 is 0 Å². The maximum atomic E-state index is 9.72. The first kappa shape index (κ1) is 21.9. The Morgan fingerprint density at radius 1 is 0.345 bits per heavy atom. The Morgan fingerprint density at radius 3 is 1.51 bits per heavy atom. The average Bonchev–Trinajstić information content (AvgIpc) is 3.72. The molecule has 0 aliphatic carbocycles. The largest absolute Gasteiger partial charge is 0.309 e. The molecule has 4 nitrogen and oxygen atoms in total. The molecule has 0 radical (unpaired) electrons. The van der Waals surface area contributed by atoms with E-state index in [4.69, 9.17) is 27.3 Å². The highest BCUT2D eigenvalue weighted by Crippen LogP contribution is 2.36. The predicted molar refractivity (Wildman–Crippen MR) is 227 cm³/mol. The molecule has 0 spiro atoms. The van der Waals surface area contributed by atoms with Gasteiger partial charge in [-0.3, -0.25) is 0 Å². The minimum atomic E-state index is -0.695. The Kier molecular flexibility index (Phi) is 5.52. The number of rotatable bonds is 7. The topological polar surface area (TPSA) is 43.6 Å². The molecule has 0 fully saturated rings. The monoisotopic (exact) mass is 714 g/mol. The standard InChI is InChI=1S/C51H34N4/c1-4-14-35(15-5-1)36-26-28-38(29-27-36)50-52-49(37-16-6-2-7-17-37)53-51(54-50)43-21-13-20-41(33-43)39-18-12-19-40(32-39)42-30-31-46-45-24-10-11-25-47(45)55(48(46)34-42)44-22-8-3-9-23-44/h1-34H/i3D,8D,9D,10D,11D,22D,23D,24D,25D,30D,31D,34D. The molecule has 0 atom stereocenters. The number of aromatic nitrogens is 4. The molecule has 10 aromatic rings. The van der Waals surface area contributed by atoms with Crippen LogP contribution in [-0.2, 0) is 0 Å². The van der Waals surface area contributed by atoms with Gasteiger partial charge in [0.1, 0.15) is 0 Å². The summed E-state index contributed by atoms with van der Waals surface area (Å²) in [6.45, 7) is 0. The highest BCUT2D eigenvalue weighted by atomic mass is 15.0. The van der Waals surface area contributed by atoms with E-state index in [0.29, 0.717) is 34.2 Å². The van der Waals surface area contributed by atoms with Crippen molar-refractivity contribution >= 4 is 21.8 Å². The number of hydrogen-bond donors (Lipinski definition) is 0. The number of benzene rings is 8. The third-order valence-electron chi connectivity index (χ3n) is 9.39. The van der Waals surface area contributed by atoms with E-state index in [1.807, 2.05) is 103 Å². The van der Waals surface area contributed by atoms with Crippen LogP contribution in [-0.4, -0.2) is 19.5 Å². The fraction of sp³-hybridized carbons (Fsp3) is 0. The number of para-hydroxylation sites is 2. The lowest BCUT2D eigenvalue weighted by Gasteiger charge is -2.11. The molecule has 0 N–H and O–H groups in total. The van der Waals surface area contributed by atoms with E-state index >= 15 is 0 Å². The molecule has 0 unspecified atom stereocenters. The normalized spacial score (nSPS) is 14.3. The van der Waals surface area contributed by atoms with Gasteiger partial charge in [0.15, 0.2) is 17.5 Å². The highest BCUT2D eigenvalue weighted by Gasteiger charge is 2.15. The van der Waals surface area contributed by atoms with E-state index < -0.39 is 72.2 Å². The fourth-order valence-electron chi connectivity index (χ4n) is 6.72. The van der Waals surface area contributed by atoms with Crippen molar-refractivity contribution in [2.24, 2.45) is 0 Å². The molecule has 55 heavy (non-hydrogen) atoms. The Balaban J connectivity index is 1.13. The second-order valence-electron chi connectivity index (χ2n) is 12.8. The molecule has 10 rings (SSSR count). The van der Waals surface area contributed by atoms with Crippen LogP contribution in [0.1, 0.15) is 16.4 Å². The fourth-order valence-corrected chi connectivity index (χ4v) is 6.72. The summed E-state index contributed by atoms with van der Waals surface area (Å²) in [7, 11) is 0. The second kappa shape index (κ2) is 13.8. The van der Waals surface area contributed by atoms with Crippen molar-refractivity contribution in [1.29, 1.82) is 0 Å². The molecule has 2 aromatic heterocycles. The van der Waals surface area contributed by atoms with E-state index in [1.54, 1.807) is 18.2 Å². The molecule has 258 valence electrons. The molecule has 0 saturated carbocycles. The molecule has 0 saturated heterocycles. The lowest BCUT2D eigenvalue weighted by atomic mass is 9.97. The minimum Gasteiger partial charge on any atom is -0.309 e. The van der Waals surface area contributed by atoms with Crippen molar-refractivity contribution in [3.05, 3.63) is 206 Å². The Labute approximate surface area is 336 Å². The van der Waals surface area contributed by atoms with E-state index in [-0.39, 0.29) is 33.4 Å². The summed E-state index contributed by atoms with van der Waals surface area (Å²) in [6, 6.07) is 35.2. The molecule has 2 heterocycles. The van der Waals surface area contributed by atoms with Gasteiger partial charge in [0.25, 0.3) is 0 Å². The SMILES string of the molecule is [2H]c1c([2H])c([2H])c(-n2c3c([2H])c([2H])c([2H])c([2H])c3c3c([2H])c([2H])c(-c4cccc(-c5cccc(-c6nc(-c7ccccc7)nc(-c7ccc(-c8ccccc8)cc7)n6)c5)c4)c([2H])c32)c([2H])c1[2H]. The molecule has 0 aliphatic heterocycles. The third-order valence-corrected chi connectivity index (χ3v) is 9.39. The average molecular weight is 715 g/mol. The zero-order valence-corrected chi connectivity index (χ0v) is 29.0. The first-order valence-corrected chi connectivity index (χ1v) is 17.5. The van der Waals surface area contributed by atoms with E-state index in [0.717, 1.165) is 32.4 Å². The van der Waals surface area contributed by atoms with Gasteiger partial charge in [0.05, 0.1) is 27.5 Å². The molecule has 0 bridgehead atoms. The lowest BCUT2D eigenvalue weighted by Crippen LogP contribution is -2.00. The number of nitrogens with zero attached hydrogens (tertiary/aromatic N) is 4. The van der Waals surface area contributed by atoms with Crippen LogP contribution in [0, 0.1) is 0 Å². The van der Waals surface area contributed by atoms with Crippen LogP contribution in [0.4, 0.5) is 0 Å². The number of hydrogen-bond acceptors (Lipinski definition) is 3. The minimum absolute atomic E-state index is 0.0323. The Hall–Kier alpha value is -7.43. The first-order valence-electron chi connectivity index (χ1n) is 23.5. The molecule has 0 aliphatic rings. The molecular weight excluding hydrogens is 669 g/mol. The quantitative estimate of drug-likeness (QED) is 0.165. The Bertz CT molecular complexity index is 3630. The maximum Gasteiger partial charge on any atom is 0.164 e. The van der Waals surface area contributed by atoms with Crippen LogP contribution in [0.15, 0.2) is 206 Å². The zero-order valence-electron chi connectivity index (χ0n) is 41.0. The first-order chi connectivity index (χ1) is 32.2. The predicted octanol–water partition coefficient (Wildman–Crippen LogP) is 13.0. The van der Waals surface area contributed by atoms with E-state index in [9.17, 15) is 4.11 Å². The van der Waals surface area contributed by atoms with Gasteiger partial charge in [-0.25, -0.2) is 15.0 Å². The van der Waals surface area contributed by atoms with Crippen molar-refractivity contribution in [2.75, 3.05) is 0 Å². The maximum absolute atomic E-state index is 9.72. The zero-order chi connectivity index (χ0) is 47.0. The van der Waals surface area contributed by atoms with E-state index in [1.165, 1.54) is 0 Å². The van der Waals surface area contributed by atoms with Gasteiger partial charge < -0.3 is 4.57 Å². The lowest BCUT2D eigenvalue weighted by molar-refractivity contribution is 1.07. The van der Waals surface area contributed by atoms with Crippen molar-refractivity contribution in [1.82, 2.24) is 19.5 Å².